The van der Waals surface area contributed by atoms with E-state index in [4.69, 9.17) is 21.7 Å². The Bertz CT molecular complexity index is 792. The number of nitrogens with one attached hydrogen (secondary N) is 2. The summed E-state index contributed by atoms with van der Waals surface area (Å²) in [7, 11) is 0. The summed E-state index contributed by atoms with van der Waals surface area (Å²) in [5.74, 6) is 1.52. The molecule has 6 heteroatoms. The number of benzene rings is 2. The van der Waals surface area contributed by atoms with Crippen molar-refractivity contribution in [1.29, 1.82) is 0 Å². The fourth-order valence-corrected chi connectivity index (χ4v) is 2.74. The summed E-state index contributed by atoms with van der Waals surface area (Å²) < 4.78 is 10.7. The van der Waals surface area contributed by atoms with Crippen LogP contribution in [-0.4, -0.2) is 17.7 Å². The van der Waals surface area contributed by atoms with E-state index in [0.29, 0.717) is 10.7 Å². The molecule has 124 valence electrons. The number of hydrogen-bond acceptors (Lipinski definition) is 4. The molecule has 0 amide bonds. The molecule has 24 heavy (non-hydrogen) atoms. The minimum Gasteiger partial charge on any atom is -0.454 e. The standard InChI is InChI=1S/C18H18N2O3S/c1-11(13-6-7-16-17(9-13)23-10-22-16)19-18(24)20-15-5-3-4-14(8-15)12(2)21/h3-9,11H,10H2,1-2H3,(H2,19,20,24). The number of carbonyl (C=O) groups excluding carboxylic acids is 1. The van der Waals surface area contributed by atoms with Gasteiger partial charge in [0.1, 0.15) is 0 Å². The van der Waals surface area contributed by atoms with Crippen molar-refractivity contribution in [3.63, 3.8) is 0 Å². The number of thiocarbonyl (C=S) groups is 1. The van der Waals surface area contributed by atoms with Crippen molar-refractivity contribution in [3.8, 4) is 11.5 Å². The molecule has 0 saturated heterocycles. The van der Waals surface area contributed by atoms with Crippen LogP contribution in [0.25, 0.3) is 0 Å². The minimum atomic E-state index is -0.00418. The van der Waals surface area contributed by atoms with Crippen molar-refractivity contribution in [2.24, 2.45) is 0 Å². The van der Waals surface area contributed by atoms with Gasteiger partial charge in [0.15, 0.2) is 22.4 Å². The molecule has 0 spiro atoms. The Hall–Kier alpha value is -2.60. The van der Waals surface area contributed by atoms with E-state index in [0.717, 1.165) is 22.7 Å². The molecule has 0 aromatic heterocycles. The molecule has 2 aromatic rings. The van der Waals surface area contributed by atoms with Crippen molar-refractivity contribution >= 4 is 28.8 Å². The lowest BCUT2D eigenvalue weighted by atomic mass is 10.1. The number of ether oxygens (including phenoxy) is 2. The van der Waals surface area contributed by atoms with Crippen LogP contribution in [0.4, 0.5) is 5.69 Å². The monoisotopic (exact) mass is 342 g/mol. The van der Waals surface area contributed by atoms with Crippen molar-refractivity contribution < 1.29 is 14.3 Å². The molecule has 0 bridgehead atoms. The van der Waals surface area contributed by atoms with Crippen molar-refractivity contribution in [1.82, 2.24) is 5.32 Å². The molecule has 2 N–H and O–H groups in total. The summed E-state index contributed by atoms with van der Waals surface area (Å²) in [6.45, 7) is 3.81. The zero-order valence-corrected chi connectivity index (χ0v) is 14.3. The van der Waals surface area contributed by atoms with Crippen molar-refractivity contribution in [3.05, 3.63) is 53.6 Å². The van der Waals surface area contributed by atoms with Gasteiger partial charge in [0, 0.05) is 11.3 Å². The van der Waals surface area contributed by atoms with Crippen LogP contribution in [0, 0.1) is 0 Å². The van der Waals surface area contributed by atoms with Crippen LogP contribution in [0.2, 0.25) is 0 Å². The van der Waals surface area contributed by atoms with Gasteiger partial charge in [0.2, 0.25) is 6.79 Å². The zero-order valence-electron chi connectivity index (χ0n) is 13.5. The molecule has 0 aliphatic carbocycles. The molecule has 1 unspecified atom stereocenters. The Labute approximate surface area is 146 Å². The summed E-state index contributed by atoms with van der Waals surface area (Å²) in [5, 5.41) is 6.81. The number of hydrogen-bond donors (Lipinski definition) is 2. The molecular weight excluding hydrogens is 324 g/mol. The topological polar surface area (TPSA) is 59.6 Å². The maximum atomic E-state index is 11.4. The number of ketones is 1. The molecule has 3 rings (SSSR count). The van der Waals surface area contributed by atoms with E-state index in [1.165, 1.54) is 6.92 Å². The van der Waals surface area contributed by atoms with Crippen LogP contribution in [0.15, 0.2) is 42.5 Å². The summed E-state index contributed by atoms with van der Waals surface area (Å²) >= 11 is 5.36. The van der Waals surface area contributed by atoms with Gasteiger partial charge >= 0.3 is 0 Å². The summed E-state index contributed by atoms with van der Waals surface area (Å²) in [6, 6.07) is 13.1. The van der Waals surface area contributed by atoms with Crippen LogP contribution in [-0.2, 0) is 0 Å². The third-order valence-corrected chi connectivity index (χ3v) is 3.99. The summed E-state index contributed by atoms with van der Waals surface area (Å²) in [5.41, 5.74) is 2.46. The van der Waals surface area contributed by atoms with Gasteiger partial charge in [-0.25, -0.2) is 0 Å². The fourth-order valence-electron chi connectivity index (χ4n) is 2.45. The van der Waals surface area contributed by atoms with Gasteiger partial charge < -0.3 is 20.1 Å². The molecule has 2 aromatic carbocycles. The third kappa shape index (κ3) is 3.65. The molecule has 0 saturated carbocycles. The highest BCUT2D eigenvalue weighted by atomic mass is 32.1. The lowest BCUT2D eigenvalue weighted by Gasteiger charge is -2.18. The first-order chi connectivity index (χ1) is 11.5. The van der Waals surface area contributed by atoms with E-state index in [1.807, 2.05) is 37.3 Å². The largest absolute Gasteiger partial charge is 0.454 e. The maximum absolute atomic E-state index is 11.4. The number of anilines is 1. The number of Topliss-reactive ketones (excluding diaryl/α,β-unsaturated/α-hetero) is 1. The maximum Gasteiger partial charge on any atom is 0.231 e. The Balaban J connectivity index is 1.64. The van der Waals surface area contributed by atoms with E-state index >= 15 is 0 Å². The number of carbonyl (C=O) groups is 1. The van der Waals surface area contributed by atoms with Gasteiger partial charge in [-0.15, -0.1) is 0 Å². The molecule has 1 aliphatic rings. The van der Waals surface area contributed by atoms with E-state index in [2.05, 4.69) is 10.6 Å². The second-order valence-corrected chi connectivity index (χ2v) is 5.98. The highest BCUT2D eigenvalue weighted by Gasteiger charge is 2.16. The molecular formula is C18H18N2O3S. The van der Waals surface area contributed by atoms with Gasteiger partial charge in [-0.2, -0.15) is 0 Å². The fraction of sp³-hybridized carbons (Fsp3) is 0.222. The molecule has 1 heterocycles. The van der Waals surface area contributed by atoms with Crippen LogP contribution >= 0.6 is 12.2 Å². The Morgan fingerprint density at radius 3 is 2.75 bits per heavy atom. The van der Waals surface area contributed by atoms with Crippen molar-refractivity contribution in [2.75, 3.05) is 12.1 Å². The van der Waals surface area contributed by atoms with Gasteiger partial charge in [0.25, 0.3) is 0 Å². The molecule has 1 aliphatic heterocycles. The smallest absolute Gasteiger partial charge is 0.231 e. The van der Waals surface area contributed by atoms with E-state index in [1.54, 1.807) is 12.1 Å². The van der Waals surface area contributed by atoms with Crippen molar-refractivity contribution in [2.45, 2.75) is 19.9 Å². The predicted octanol–water partition coefficient (Wildman–Crippen LogP) is 3.67. The first kappa shape index (κ1) is 16.3. The average molecular weight is 342 g/mol. The first-order valence-electron chi connectivity index (χ1n) is 7.61. The molecule has 0 radical (unpaired) electrons. The number of fused-ring (bicyclic) bond motifs is 1. The van der Waals surface area contributed by atoms with Gasteiger partial charge in [0.05, 0.1) is 6.04 Å². The van der Waals surface area contributed by atoms with Crippen LogP contribution in [0.3, 0.4) is 0 Å². The first-order valence-corrected chi connectivity index (χ1v) is 8.02. The second-order valence-electron chi connectivity index (χ2n) is 5.57. The van der Waals surface area contributed by atoms with Crippen LogP contribution < -0.4 is 20.1 Å². The molecule has 5 nitrogen and oxygen atoms in total. The lowest BCUT2D eigenvalue weighted by Crippen LogP contribution is -2.30. The quantitative estimate of drug-likeness (QED) is 0.653. The Morgan fingerprint density at radius 1 is 1.17 bits per heavy atom. The molecule has 0 fully saturated rings. The second kappa shape index (κ2) is 6.88. The average Bonchev–Trinajstić information content (AvgIpc) is 3.02. The predicted molar refractivity (Wildman–Crippen MR) is 96.8 cm³/mol. The Morgan fingerprint density at radius 2 is 1.96 bits per heavy atom. The van der Waals surface area contributed by atoms with Crippen LogP contribution in [0.1, 0.15) is 35.8 Å². The number of rotatable bonds is 4. The van der Waals surface area contributed by atoms with Crippen LogP contribution in [0.5, 0.6) is 11.5 Å². The highest BCUT2D eigenvalue weighted by molar-refractivity contribution is 7.80. The zero-order chi connectivity index (χ0) is 17.1. The normalized spacial score (nSPS) is 13.2. The van der Waals surface area contributed by atoms with Gasteiger partial charge in [-0.1, -0.05) is 18.2 Å². The Kier molecular flexibility index (Phi) is 4.66. The van der Waals surface area contributed by atoms with E-state index in [-0.39, 0.29) is 18.6 Å². The van der Waals surface area contributed by atoms with Gasteiger partial charge in [-0.3, -0.25) is 4.79 Å². The highest BCUT2D eigenvalue weighted by Crippen LogP contribution is 2.34. The summed E-state index contributed by atoms with van der Waals surface area (Å²) in [4.78, 5) is 11.4. The summed E-state index contributed by atoms with van der Waals surface area (Å²) in [6.07, 6.45) is 0. The SMILES string of the molecule is CC(=O)c1cccc(NC(=S)NC(C)c2ccc3c(c2)OCO3)c1. The lowest BCUT2D eigenvalue weighted by molar-refractivity contribution is 0.101. The van der Waals surface area contributed by atoms with E-state index in [9.17, 15) is 4.79 Å². The minimum absolute atomic E-state index is 0.00418. The van der Waals surface area contributed by atoms with Gasteiger partial charge in [-0.05, 0) is 55.9 Å². The third-order valence-electron chi connectivity index (χ3n) is 3.77. The van der Waals surface area contributed by atoms with E-state index < -0.39 is 0 Å². The molecule has 1 atom stereocenters.